The van der Waals surface area contributed by atoms with Gasteiger partial charge >= 0.3 is 0 Å². The van der Waals surface area contributed by atoms with Gasteiger partial charge < -0.3 is 5.32 Å². The number of amides is 1. The van der Waals surface area contributed by atoms with Gasteiger partial charge in [0.25, 0.3) is 0 Å². The monoisotopic (exact) mass is 167 g/mol. The summed E-state index contributed by atoms with van der Waals surface area (Å²) < 4.78 is 0. The average molecular weight is 167 g/mol. The van der Waals surface area contributed by atoms with Gasteiger partial charge in [-0.15, -0.1) is 0 Å². The van der Waals surface area contributed by atoms with E-state index in [1.165, 1.54) is 0 Å². The molecule has 0 unspecified atom stereocenters. The van der Waals surface area contributed by atoms with Crippen molar-refractivity contribution in [1.82, 2.24) is 5.32 Å². The number of hydrogen-bond acceptors (Lipinski definition) is 2. The molecular formula is C9H13NO2. The van der Waals surface area contributed by atoms with E-state index in [1.54, 1.807) is 7.05 Å². The lowest BCUT2D eigenvalue weighted by Gasteiger charge is -2.18. The molecule has 2 rings (SSSR count). The molecule has 1 N–H and O–H groups in total. The number of nitrogens with one attached hydrogen (secondary N) is 1. The number of Topliss-reactive ketones (excluding diaryl/α,β-unsaturated/α-hetero) is 1. The fourth-order valence-corrected chi connectivity index (χ4v) is 2.58. The van der Waals surface area contributed by atoms with Crippen LogP contribution in [0.1, 0.15) is 19.3 Å². The second kappa shape index (κ2) is 2.57. The molecule has 2 aliphatic rings. The molecule has 1 amide bonds. The van der Waals surface area contributed by atoms with Gasteiger partial charge in [0.2, 0.25) is 5.91 Å². The fourth-order valence-electron chi connectivity index (χ4n) is 2.58. The Morgan fingerprint density at radius 2 is 2.25 bits per heavy atom. The molecule has 2 bridgehead atoms. The van der Waals surface area contributed by atoms with Crippen LogP contribution in [0.15, 0.2) is 0 Å². The normalized spacial score (nSPS) is 38.8. The SMILES string of the molecule is CNC(=O)[C@@H]1C[C@@H]2CC(=O)[C@@H]1C2. The van der Waals surface area contributed by atoms with E-state index < -0.39 is 0 Å². The van der Waals surface area contributed by atoms with E-state index in [2.05, 4.69) is 5.32 Å². The Labute approximate surface area is 71.5 Å². The number of carbonyl (C=O) groups is 2. The molecule has 3 nitrogen and oxygen atoms in total. The van der Waals surface area contributed by atoms with Crippen molar-refractivity contribution in [1.29, 1.82) is 0 Å². The van der Waals surface area contributed by atoms with E-state index >= 15 is 0 Å². The van der Waals surface area contributed by atoms with Crippen molar-refractivity contribution < 1.29 is 9.59 Å². The standard InChI is InChI=1S/C9H13NO2/c1-10-9(12)7-3-5-2-6(7)8(11)4-5/h5-7H,2-4H2,1H3,(H,10,12)/t5-,6-,7-/m1/s1. The maximum atomic E-state index is 11.3. The van der Waals surface area contributed by atoms with E-state index in [0.717, 1.165) is 19.3 Å². The molecule has 0 spiro atoms. The average Bonchev–Trinajstić information content (AvgIpc) is 2.60. The summed E-state index contributed by atoms with van der Waals surface area (Å²) in [7, 11) is 1.64. The van der Waals surface area contributed by atoms with Crippen molar-refractivity contribution in [2.75, 3.05) is 7.05 Å². The van der Waals surface area contributed by atoms with Crippen LogP contribution in [0.25, 0.3) is 0 Å². The highest BCUT2D eigenvalue weighted by Crippen LogP contribution is 2.46. The predicted molar refractivity (Wildman–Crippen MR) is 43.4 cm³/mol. The van der Waals surface area contributed by atoms with Crippen LogP contribution >= 0.6 is 0 Å². The Morgan fingerprint density at radius 3 is 2.75 bits per heavy atom. The Bertz CT molecular complexity index is 237. The third-order valence-electron chi connectivity index (χ3n) is 3.15. The Hall–Kier alpha value is -0.860. The van der Waals surface area contributed by atoms with Crippen LogP contribution in [-0.4, -0.2) is 18.7 Å². The van der Waals surface area contributed by atoms with E-state index in [9.17, 15) is 9.59 Å². The maximum absolute atomic E-state index is 11.3. The van der Waals surface area contributed by atoms with Gasteiger partial charge in [-0.1, -0.05) is 0 Å². The van der Waals surface area contributed by atoms with Crippen molar-refractivity contribution >= 4 is 11.7 Å². The minimum atomic E-state index is -0.0127. The minimum Gasteiger partial charge on any atom is -0.359 e. The zero-order valence-electron chi connectivity index (χ0n) is 7.17. The van der Waals surface area contributed by atoms with Gasteiger partial charge in [-0.2, -0.15) is 0 Å². The lowest BCUT2D eigenvalue weighted by molar-refractivity contribution is -0.132. The zero-order valence-corrected chi connectivity index (χ0v) is 7.17. The Balaban J connectivity index is 2.12. The van der Waals surface area contributed by atoms with E-state index in [1.807, 2.05) is 0 Å². The van der Waals surface area contributed by atoms with Gasteiger partial charge in [0.15, 0.2) is 0 Å². The van der Waals surface area contributed by atoms with Crippen LogP contribution in [-0.2, 0) is 9.59 Å². The first kappa shape index (κ1) is 7.77. The van der Waals surface area contributed by atoms with Gasteiger partial charge in [0.05, 0.1) is 0 Å². The highest BCUT2D eigenvalue weighted by molar-refractivity contribution is 5.91. The number of hydrogen-bond donors (Lipinski definition) is 1. The molecule has 0 radical (unpaired) electrons. The molecule has 2 fully saturated rings. The number of rotatable bonds is 1. The minimum absolute atomic E-state index is 0.0127. The van der Waals surface area contributed by atoms with Crippen molar-refractivity contribution in [3.63, 3.8) is 0 Å². The summed E-state index contributed by atoms with van der Waals surface area (Å²) in [5, 5.41) is 2.62. The third kappa shape index (κ3) is 0.958. The number of carbonyl (C=O) groups excluding carboxylic acids is 2. The molecule has 3 atom stereocenters. The van der Waals surface area contributed by atoms with Gasteiger partial charge in [-0.05, 0) is 18.8 Å². The lowest BCUT2D eigenvalue weighted by atomic mass is 9.87. The Kier molecular flexibility index (Phi) is 1.67. The van der Waals surface area contributed by atoms with Crippen LogP contribution in [0.3, 0.4) is 0 Å². The fraction of sp³-hybridized carbons (Fsp3) is 0.778. The molecule has 0 aliphatic heterocycles. The molecule has 0 aromatic rings. The van der Waals surface area contributed by atoms with Crippen LogP contribution < -0.4 is 5.32 Å². The topological polar surface area (TPSA) is 46.2 Å². The smallest absolute Gasteiger partial charge is 0.223 e. The first-order valence-corrected chi connectivity index (χ1v) is 4.46. The zero-order chi connectivity index (χ0) is 8.72. The molecule has 0 saturated heterocycles. The van der Waals surface area contributed by atoms with Crippen molar-refractivity contribution in [3.8, 4) is 0 Å². The second-order valence-electron chi connectivity index (χ2n) is 3.84. The summed E-state index contributed by atoms with van der Waals surface area (Å²) >= 11 is 0. The van der Waals surface area contributed by atoms with E-state index in [0.29, 0.717) is 11.7 Å². The summed E-state index contributed by atoms with van der Waals surface area (Å²) in [6.07, 6.45) is 2.60. The van der Waals surface area contributed by atoms with Crippen LogP contribution in [0.4, 0.5) is 0 Å². The van der Waals surface area contributed by atoms with Crippen molar-refractivity contribution in [2.24, 2.45) is 17.8 Å². The summed E-state index contributed by atoms with van der Waals surface area (Å²) in [5.74, 6) is 0.899. The van der Waals surface area contributed by atoms with E-state index in [4.69, 9.17) is 0 Å². The number of ketones is 1. The Morgan fingerprint density at radius 1 is 1.50 bits per heavy atom. The largest absolute Gasteiger partial charge is 0.359 e. The van der Waals surface area contributed by atoms with Crippen molar-refractivity contribution in [2.45, 2.75) is 19.3 Å². The summed E-state index contributed by atoms with van der Waals surface area (Å²) in [6.45, 7) is 0. The lowest BCUT2D eigenvalue weighted by Crippen LogP contribution is -2.34. The second-order valence-corrected chi connectivity index (χ2v) is 3.84. The molecule has 0 heterocycles. The maximum Gasteiger partial charge on any atom is 0.223 e. The summed E-state index contributed by atoms with van der Waals surface area (Å²) in [5.41, 5.74) is 0. The quantitative estimate of drug-likeness (QED) is 0.612. The first-order valence-electron chi connectivity index (χ1n) is 4.46. The molecule has 0 aromatic heterocycles. The first-order chi connectivity index (χ1) is 5.72. The van der Waals surface area contributed by atoms with Crippen LogP contribution in [0, 0.1) is 17.8 Å². The molecule has 2 saturated carbocycles. The van der Waals surface area contributed by atoms with Gasteiger partial charge in [-0.3, -0.25) is 9.59 Å². The van der Waals surface area contributed by atoms with Gasteiger partial charge in [0, 0.05) is 25.3 Å². The molecule has 12 heavy (non-hydrogen) atoms. The summed E-state index contributed by atoms with van der Waals surface area (Å²) in [6, 6.07) is 0. The molecule has 0 aromatic carbocycles. The predicted octanol–water partition coefficient (Wildman–Crippen LogP) is 0.348. The van der Waals surface area contributed by atoms with Crippen molar-refractivity contribution in [3.05, 3.63) is 0 Å². The number of fused-ring (bicyclic) bond motifs is 2. The summed E-state index contributed by atoms with van der Waals surface area (Å²) in [4.78, 5) is 22.6. The third-order valence-corrected chi connectivity index (χ3v) is 3.15. The van der Waals surface area contributed by atoms with E-state index in [-0.39, 0.29) is 17.7 Å². The van der Waals surface area contributed by atoms with Crippen LogP contribution in [0.5, 0.6) is 0 Å². The molecule has 2 aliphatic carbocycles. The molecule has 3 heteroatoms. The van der Waals surface area contributed by atoms with Gasteiger partial charge in [0.1, 0.15) is 5.78 Å². The highest BCUT2D eigenvalue weighted by Gasteiger charge is 2.48. The highest BCUT2D eigenvalue weighted by atomic mass is 16.2. The molecular weight excluding hydrogens is 154 g/mol. The van der Waals surface area contributed by atoms with Gasteiger partial charge in [-0.25, -0.2) is 0 Å². The molecule has 66 valence electrons. The van der Waals surface area contributed by atoms with Crippen LogP contribution in [0.2, 0.25) is 0 Å².